The van der Waals surface area contributed by atoms with E-state index in [-0.39, 0.29) is 17.3 Å². The zero-order valence-corrected chi connectivity index (χ0v) is 12.9. The lowest BCUT2D eigenvalue weighted by atomic mass is 9.77. The maximum absolute atomic E-state index is 11.7. The van der Waals surface area contributed by atoms with E-state index in [4.69, 9.17) is 4.65 Å². The fraction of sp³-hybridized carbons (Fsp3) is 0.533. The quantitative estimate of drug-likeness (QED) is 0.567. The van der Waals surface area contributed by atoms with Crippen LogP contribution < -0.4 is 9.97 Å². The molecule has 1 aromatic rings. The first-order valence-corrected chi connectivity index (χ1v) is 8.72. The summed E-state index contributed by atoms with van der Waals surface area (Å²) in [6.45, 7) is 2.13. The summed E-state index contributed by atoms with van der Waals surface area (Å²) in [4.78, 5) is 12.4. The Labute approximate surface area is 133 Å². The van der Waals surface area contributed by atoms with Crippen LogP contribution in [0.1, 0.15) is 34.7 Å². The maximum Gasteiger partial charge on any atom is 0.526 e. The molecule has 1 saturated heterocycles. The van der Waals surface area contributed by atoms with Gasteiger partial charge in [-0.25, -0.2) is 4.79 Å². The molecule has 0 bridgehead atoms. The fourth-order valence-electron chi connectivity index (χ4n) is 3.31. The monoisotopic (exact) mass is 319 g/mol. The van der Waals surface area contributed by atoms with Crippen LogP contribution in [-0.4, -0.2) is 42.1 Å². The number of benzene rings is 1. The van der Waals surface area contributed by atoms with Crippen molar-refractivity contribution in [3.05, 3.63) is 23.3 Å². The van der Waals surface area contributed by atoms with Gasteiger partial charge in [0.2, 0.25) is 0 Å². The lowest BCUT2D eigenvalue weighted by molar-refractivity contribution is 0.0690. The molecule has 2 heterocycles. The van der Waals surface area contributed by atoms with Crippen LogP contribution in [0.15, 0.2) is 17.0 Å². The molecule has 0 spiro atoms. The zero-order chi connectivity index (χ0) is 15.3. The lowest BCUT2D eigenvalue weighted by Crippen LogP contribution is -2.42. The molecule has 0 aromatic heterocycles. The van der Waals surface area contributed by atoms with Crippen molar-refractivity contribution < 1.29 is 19.6 Å². The number of hydrogen-bond acceptors (Lipinski definition) is 5. The van der Waals surface area contributed by atoms with Crippen molar-refractivity contribution in [3.8, 4) is 5.75 Å². The third kappa shape index (κ3) is 2.41. The molecule has 1 aliphatic carbocycles. The Morgan fingerprint density at radius 1 is 1.45 bits per heavy atom. The Balaban J connectivity index is 1.58. The zero-order valence-electron chi connectivity index (χ0n) is 12.1. The van der Waals surface area contributed by atoms with Gasteiger partial charge in [0.15, 0.2) is 0 Å². The molecule has 3 N–H and O–H groups in total. The number of thioether (sulfide) groups is 1. The predicted molar refractivity (Wildman–Crippen MR) is 84.8 cm³/mol. The molecule has 2 unspecified atom stereocenters. The summed E-state index contributed by atoms with van der Waals surface area (Å²) >= 11 is 1.57. The van der Waals surface area contributed by atoms with Gasteiger partial charge in [-0.1, -0.05) is 6.07 Å². The van der Waals surface area contributed by atoms with Gasteiger partial charge in [0.05, 0.1) is 0 Å². The Kier molecular flexibility index (Phi) is 3.59. The summed E-state index contributed by atoms with van der Waals surface area (Å²) < 4.78 is 5.53. The summed E-state index contributed by atoms with van der Waals surface area (Å²) in [7, 11) is -0.864. The Bertz CT molecular complexity index is 622. The van der Waals surface area contributed by atoms with Crippen LogP contribution in [0.3, 0.4) is 0 Å². The van der Waals surface area contributed by atoms with E-state index in [1.54, 1.807) is 11.8 Å². The molecular weight excluding hydrogens is 301 g/mol. The first-order valence-electron chi connectivity index (χ1n) is 7.73. The summed E-state index contributed by atoms with van der Waals surface area (Å²) in [5.74, 6) is 1.42. The van der Waals surface area contributed by atoms with Crippen molar-refractivity contribution in [2.24, 2.45) is 5.92 Å². The minimum atomic E-state index is -0.976. The number of nitrogens with one attached hydrogen (secondary N) is 1. The summed E-state index contributed by atoms with van der Waals surface area (Å²) in [6.07, 6.45) is 1.97. The van der Waals surface area contributed by atoms with E-state index < -0.39 is 13.1 Å². The van der Waals surface area contributed by atoms with Crippen LogP contribution in [0.25, 0.3) is 0 Å². The topological polar surface area (TPSA) is 78.8 Å². The summed E-state index contributed by atoms with van der Waals surface area (Å²) in [6, 6.07) is 3.88. The molecule has 4 rings (SSSR count). The molecule has 22 heavy (non-hydrogen) atoms. The first kappa shape index (κ1) is 14.4. The summed E-state index contributed by atoms with van der Waals surface area (Å²) in [5, 5.41) is 22.8. The second kappa shape index (κ2) is 5.47. The normalized spacial score (nSPS) is 25.8. The highest BCUT2D eigenvalue weighted by Crippen LogP contribution is 2.60. The van der Waals surface area contributed by atoms with Gasteiger partial charge in [0.25, 0.3) is 0 Å². The van der Waals surface area contributed by atoms with Crippen molar-refractivity contribution in [3.63, 3.8) is 0 Å². The number of carboxylic acids is 1. The van der Waals surface area contributed by atoms with Crippen LogP contribution in [0, 0.1) is 5.92 Å². The molecule has 5 nitrogen and oxygen atoms in total. The smallest absolute Gasteiger partial charge is 0.526 e. The van der Waals surface area contributed by atoms with E-state index in [2.05, 4.69) is 5.32 Å². The lowest BCUT2D eigenvalue weighted by Gasteiger charge is -2.27. The molecule has 2 aliphatic heterocycles. The molecule has 2 fully saturated rings. The average Bonchev–Trinajstić information content (AvgIpc) is 3.21. The standard InChI is InChI=1S/C15H18BNO4S/c18-15(19)13-12(22-4-3-8-6-17-7-8)2-1-9-10-5-11(10)16(20)21-14(9)13/h1-2,8,10-11,17,20H,3-7H2,(H,18,19). The predicted octanol–water partition coefficient (Wildman–Crippen LogP) is 1.82. The van der Waals surface area contributed by atoms with E-state index in [9.17, 15) is 14.9 Å². The molecule has 0 amide bonds. The molecule has 2 atom stereocenters. The first-order chi connectivity index (χ1) is 10.6. The van der Waals surface area contributed by atoms with Gasteiger partial charge in [-0.05, 0) is 55.1 Å². The molecule has 3 aliphatic rings. The van der Waals surface area contributed by atoms with Gasteiger partial charge in [-0.2, -0.15) is 0 Å². The largest absolute Gasteiger partial charge is 0.535 e. The molecule has 1 aromatic carbocycles. The highest BCUT2D eigenvalue weighted by atomic mass is 32.2. The van der Waals surface area contributed by atoms with Gasteiger partial charge < -0.3 is 20.1 Å². The van der Waals surface area contributed by atoms with E-state index in [0.717, 1.165) is 42.1 Å². The highest BCUT2D eigenvalue weighted by Gasteiger charge is 2.54. The van der Waals surface area contributed by atoms with Gasteiger partial charge in [-0.3, -0.25) is 0 Å². The number of rotatable bonds is 5. The van der Waals surface area contributed by atoms with Gasteiger partial charge >= 0.3 is 13.1 Å². The van der Waals surface area contributed by atoms with Gasteiger partial charge in [-0.15, -0.1) is 11.8 Å². The second-order valence-corrected chi connectivity index (χ2v) is 7.47. The number of fused-ring (bicyclic) bond motifs is 3. The number of carboxylic acid groups (broad SMARTS) is 1. The van der Waals surface area contributed by atoms with Crippen molar-refractivity contribution in [2.45, 2.75) is 29.5 Å². The van der Waals surface area contributed by atoms with Crippen LogP contribution in [0.4, 0.5) is 0 Å². The molecule has 0 radical (unpaired) electrons. The van der Waals surface area contributed by atoms with Crippen molar-refractivity contribution in [1.82, 2.24) is 5.32 Å². The minimum absolute atomic E-state index is 0.138. The number of aromatic carboxylic acids is 1. The van der Waals surface area contributed by atoms with Crippen molar-refractivity contribution in [2.75, 3.05) is 18.8 Å². The van der Waals surface area contributed by atoms with E-state index >= 15 is 0 Å². The van der Waals surface area contributed by atoms with Crippen molar-refractivity contribution in [1.29, 1.82) is 0 Å². The number of carbonyl (C=O) groups is 1. The van der Waals surface area contributed by atoms with E-state index in [0.29, 0.717) is 11.7 Å². The van der Waals surface area contributed by atoms with Crippen LogP contribution in [0.5, 0.6) is 5.75 Å². The highest BCUT2D eigenvalue weighted by molar-refractivity contribution is 7.99. The van der Waals surface area contributed by atoms with Gasteiger partial charge in [0, 0.05) is 10.7 Å². The number of hydrogen-bond donors (Lipinski definition) is 3. The van der Waals surface area contributed by atoms with Crippen molar-refractivity contribution >= 4 is 24.8 Å². The van der Waals surface area contributed by atoms with Gasteiger partial charge in [0.1, 0.15) is 11.3 Å². The maximum atomic E-state index is 11.7. The van der Waals surface area contributed by atoms with Crippen LogP contribution in [-0.2, 0) is 0 Å². The third-order valence-corrected chi connectivity index (χ3v) is 5.95. The van der Waals surface area contributed by atoms with E-state index in [1.807, 2.05) is 12.1 Å². The minimum Gasteiger partial charge on any atom is -0.535 e. The van der Waals surface area contributed by atoms with Crippen LogP contribution in [0.2, 0.25) is 5.82 Å². The molecular formula is C15H18BNO4S. The average molecular weight is 319 g/mol. The Hall–Kier alpha value is -1.18. The fourth-order valence-corrected chi connectivity index (χ4v) is 4.47. The SMILES string of the molecule is O=C(O)c1c(SCCC2CNC2)ccc2c1OB(O)C1CC21. The molecule has 7 heteroatoms. The third-order valence-electron chi connectivity index (χ3n) is 4.86. The summed E-state index contributed by atoms with van der Waals surface area (Å²) in [5.41, 5.74) is 1.17. The second-order valence-electron chi connectivity index (χ2n) is 6.34. The molecule has 116 valence electrons. The van der Waals surface area contributed by atoms with Crippen LogP contribution >= 0.6 is 11.8 Å². The Morgan fingerprint density at radius 2 is 2.27 bits per heavy atom. The Morgan fingerprint density at radius 3 is 2.95 bits per heavy atom. The van der Waals surface area contributed by atoms with E-state index in [1.165, 1.54) is 0 Å². The molecule has 1 saturated carbocycles.